The van der Waals surface area contributed by atoms with Crippen LogP contribution in [-0.2, 0) is 9.57 Å². The molecule has 1 aromatic rings. The van der Waals surface area contributed by atoms with Crippen LogP contribution in [0.25, 0.3) is 0 Å². The summed E-state index contributed by atoms with van der Waals surface area (Å²) in [5.74, 6) is 0. The van der Waals surface area contributed by atoms with E-state index in [4.69, 9.17) is 9.57 Å². The quantitative estimate of drug-likeness (QED) is 0.780. The Morgan fingerprint density at radius 2 is 2.00 bits per heavy atom. The van der Waals surface area contributed by atoms with E-state index in [1.54, 1.807) is 0 Å². The molecule has 3 nitrogen and oxygen atoms in total. The number of nitrogens with zero attached hydrogens (tertiary/aromatic N) is 1. The van der Waals surface area contributed by atoms with E-state index in [0.717, 1.165) is 25.0 Å². The van der Waals surface area contributed by atoms with Gasteiger partial charge >= 0.3 is 0 Å². The highest BCUT2D eigenvalue weighted by Crippen LogP contribution is 2.30. The van der Waals surface area contributed by atoms with Gasteiger partial charge in [0.1, 0.15) is 0 Å². The molecule has 3 heteroatoms. The Kier molecular flexibility index (Phi) is 4.81. The Labute approximate surface area is 122 Å². The third-order valence-corrected chi connectivity index (χ3v) is 3.54. The molecule has 1 aliphatic heterocycles. The molecule has 0 radical (unpaired) electrons. The van der Waals surface area contributed by atoms with Gasteiger partial charge in [-0.25, -0.2) is 0 Å². The van der Waals surface area contributed by atoms with Crippen LogP contribution < -0.4 is 0 Å². The second kappa shape index (κ2) is 6.40. The lowest BCUT2D eigenvalue weighted by Crippen LogP contribution is -2.23. The Bertz CT molecular complexity index is 448. The molecule has 1 aromatic carbocycles. The molecule has 0 N–H and O–H groups in total. The van der Waals surface area contributed by atoms with Crippen LogP contribution in [0.1, 0.15) is 58.6 Å². The molecule has 0 bridgehead atoms. The summed E-state index contributed by atoms with van der Waals surface area (Å²) in [4.78, 5) is 5.46. The third-order valence-electron chi connectivity index (χ3n) is 3.54. The lowest BCUT2D eigenvalue weighted by molar-refractivity contribution is -0.159. The molecule has 110 valence electrons. The molecule has 0 aliphatic carbocycles. The molecule has 0 aromatic heterocycles. The van der Waals surface area contributed by atoms with Crippen molar-refractivity contribution in [3.05, 3.63) is 35.9 Å². The molecule has 0 fully saturated rings. The standard InChI is InChI=1S/C17H25NO2/c1-5-9-14(13-10-7-6-8-11-13)19-16-12-15(18-20-16)17(2,3)4/h6-8,10-11,14,16H,5,9,12H2,1-4H3/t14-,16?/m0/s1. The van der Waals surface area contributed by atoms with Crippen molar-refractivity contribution in [3.63, 3.8) is 0 Å². The van der Waals surface area contributed by atoms with E-state index >= 15 is 0 Å². The van der Waals surface area contributed by atoms with E-state index in [2.05, 4.69) is 45.0 Å². The van der Waals surface area contributed by atoms with Crippen molar-refractivity contribution in [2.75, 3.05) is 0 Å². The fourth-order valence-electron chi connectivity index (χ4n) is 2.30. The van der Waals surface area contributed by atoms with E-state index in [0.29, 0.717) is 0 Å². The molecule has 1 aliphatic rings. The molecule has 0 spiro atoms. The van der Waals surface area contributed by atoms with Crippen LogP contribution >= 0.6 is 0 Å². The van der Waals surface area contributed by atoms with Crippen molar-refractivity contribution in [3.8, 4) is 0 Å². The van der Waals surface area contributed by atoms with Gasteiger partial charge in [0.25, 0.3) is 0 Å². The van der Waals surface area contributed by atoms with E-state index in [1.807, 2.05) is 18.2 Å². The van der Waals surface area contributed by atoms with Crippen LogP contribution in [-0.4, -0.2) is 12.0 Å². The van der Waals surface area contributed by atoms with Gasteiger partial charge in [-0.05, 0) is 12.0 Å². The molecule has 1 heterocycles. The van der Waals surface area contributed by atoms with Crippen molar-refractivity contribution in [1.82, 2.24) is 0 Å². The first kappa shape index (κ1) is 15.0. The normalized spacial score (nSPS) is 20.4. The first-order valence-corrected chi connectivity index (χ1v) is 7.44. The Morgan fingerprint density at radius 1 is 1.30 bits per heavy atom. The highest BCUT2D eigenvalue weighted by molar-refractivity contribution is 5.89. The van der Waals surface area contributed by atoms with Crippen LogP contribution in [0.4, 0.5) is 0 Å². The number of benzene rings is 1. The first-order chi connectivity index (χ1) is 9.50. The average molecular weight is 275 g/mol. The van der Waals surface area contributed by atoms with Gasteiger partial charge in [0.15, 0.2) is 0 Å². The molecule has 0 saturated carbocycles. The zero-order valence-corrected chi connectivity index (χ0v) is 12.9. The van der Waals surface area contributed by atoms with Crippen LogP contribution in [0.5, 0.6) is 0 Å². The average Bonchev–Trinajstić information content (AvgIpc) is 2.88. The van der Waals surface area contributed by atoms with Crippen molar-refractivity contribution >= 4 is 5.71 Å². The molecule has 20 heavy (non-hydrogen) atoms. The Balaban J connectivity index is 1.98. The minimum Gasteiger partial charge on any atom is -0.363 e. The van der Waals surface area contributed by atoms with Crippen molar-refractivity contribution in [2.45, 2.75) is 59.4 Å². The lowest BCUT2D eigenvalue weighted by Gasteiger charge is -2.21. The molecule has 1 unspecified atom stereocenters. The van der Waals surface area contributed by atoms with Crippen LogP contribution in [0.15, 0.2) is 35.5 Å². The van der Waals surface area contributed by atoms with Crippen molar-refractivity contribution in [1.29, 1.82) is 0 Å². The van der Waals surface area contributed by atoms with Gasteiger partial charge in [-0.2, -0.15) is 0 Å². The second-order valence-corrected chi connectivity index (χ2v) is 6.35. The molecular weight excluding hydrogens is 250 g/mol. The molecule has 0 amide bonds. The van der Waals surface area contributed by atoms with E-state index in [-0.39, 0.29) is 17.8 Å². The Hall–Kier alpha value is -1.35. The van der Waals surface area contributed by atoms with Crippen LogP contribution in [0, 0.1) is 5.41 Å². The number of rotatable bonds is 5. The summed E-state index contributed by atoms with van der Waals surface area (Å²) in [5.41, 5.74) is 2.33. The molecule has 2 rings (SSSR count). The minimum atomic E-state index is -0.249. The Morgan fingerprint density at radius 3 is 2.55 bits per heavy atom. The predicted molar refractivity (Wildman–Crippen MR) is 81.6 cm³/mol. The van der Waals surface area contributed by atoms with Gasteiger partial charge in [0.2, 0.25) is 6.29 Å². The summed E-state index contributed by atoms with van der Waals surface area (Å²) in [7, 11) is 0. The zero-order chi connectivity index (χ0) is 14.6. The van der Waals surface area contributed by atoms with Gasteiger partial charge in [0, 0.05) is 5.41 Å². The summed E-state index contributed by atoms with van der Waals surface area (Å²) in [6.45, 7) is 8.63. The maximum Gasteiger partial charge on any atom is 0.232 e. The van der Waals surface area contributed by atoms with Gasteiger partial charge < -0.3 is 9.57 Å². The second-order valence-electron chi connectivity index (χ2n) is 6.35. The SMILES string of the molecule is CCC[C@H](OC1CC(C(C)(C)C)=NO1)c1ccccc1. The van der Waals surface area contributed by atoms with Crippen molar-refractivity contribution in [2.24, 2.45) is 10.6 Å². The largest absolute Gasteiger partial charge is 0.363 e. The topological polar surface area (TPSA) is 30.8 Å². The maximum atomic E-state index is 6.13. The number of oxime groups is 1. The van der Waals surface area contributed by atoms with Crippen molar-refractivity contribution < 1.29 is 9.57 Å². The zero-order valence-electron chi connectivity index (χ0n) is 12.9. The van der Waals surface area contributed by atoms with E-state index in [9.17, 15) is 0 Å². The highest BCUT2D eigenvalue weighted by atomic mass is 16.8. The number of ether oxygens (including phenoxy) is 1. The van der Waals surface area contributed by atoms with Gasteiger partial charge in [-0.1, -0.05) is 69.6 Å². The van der Waals surface area contributed by atoms with E-state index < -0.39 is 0 Å². The molecular formula is C17H25NO2. The monoisotopic (exact) mass is 275 g/mol. The van der Waals surface area contributed by atoms with Gasteiger partial charge in [-0.15, -0.1) is 0 Å². The van der Waals surface area contributed by atoms with Gasteiger partial charge in [-0.3, -0.25) is 0 Å². The van der Waals surface area contributed by atoms with E-state index in [1.165, 1.54) is 5.56 Å². The number of hydrogen-bond acceptors (Lipinski definition) is 3. The minimum absolute atomic E-state index is 0.0467. The van der Waals surface area contributed by atoms with Gasteiger partial charge in [0.05, 0.1) is 18.2 Å². The summed E-state index contributed by atoms with van der Waals surface area (Å²) in [6, 6.07) is 10.4. The smallest absolute Gasteiger partial charge is 0.232 e. The first-order valence-electron chi connectivity index (χ1n) is 7.44. The fraction of sp³-hybridized carbons (Fsp3) is 0.588. The molecule has 0 saturated heterocycles. The summed E-state index contributed by atoms with van der Waals surface area (Å²) in [6.07, 6.45) is 2.67. The van der Waals surface area contributed by atoms with Crippen LogP contribution in [0.3, 0.4) is 0 Å². The third kappa shape index (κ3) is 3.83. The maximum absolute atomic E-state index is 6.13. The summed E-state index contributed by atoms with van der Waals surface area (Å²) >= 11 is 0. The summed E-state index contributed by atoms with van der Waals surface area (Å²) in [5, 5.41) is 4.19. The van der Waals surface area contributed by atoms with Crippen LogP contribution in [0.2, 0.25) is 0 Å². The lowest BCUT2D eigenvalue weighted by atomic mass is 9.88. The highest BCUT2D eigenvalue weighted by Gasteiger charge is 2.31. The predicted octanol–water partition coefficient (Wildman–Crippen LogP) is 4.69. The molecule has 2 atom stereocenters. The fourth-order valence-corrected chi connectivity index (χ4v) is 2.30. The summed E-state index contributed by atoms with van der Waals surface area (Å²) < 4.78 is 6.13. The number of hydrogen-bond donors (Lipinski definition) is 0.